The van der Waals surface area contributed by atoms with Crippen LogP contribution < -0.4 is 0 Å². The van der Waals surface area contributed by atoms with Gasteiger partial charge in [-0.15, -0.1) is 0 Å². The number of rotatable bonds is 4. The number of hydrogen-bond acceptors (Lipinski definition) is 2. The van der Waals surface area contributed by atoms with Crippen molar-refractivity contribution in [3.8, 4) is 0 Å². The lowest BCUT2D eigenvalue weighted by Crippen LogP contribution is -2.35. The minimum atomic E-state index is 0.479. The van der Waals surface area contributed by atoms with Gasteiger partial charge in [0.1, 0.15) is 0 Å². The van der Waals surface area contributed by atoms with E-state index in [2.05, 4.69) is 51.6 Å². The highest BCUT2D eigenvalue weighted by atomic mass is 15.1. The predicted octanol–water partition coefficient (Wildman–Crippen LogP) is 4.89. The molecule has 23 heavy (non-hydrogen) atoms. The molecule has 0 N–H and O–H groups in total. The highest BCUT2D eigenvalue weighted by molar-refractivity contribution is 4.90. The fraction of sp³-hybridized carbons (Fsp3) is 1.00. The van der Waals surface area contributed by atoms with E-state index in [0.29, 0.717) is 10.8 Å². The van der Waals surface area contributed by atoms with E-state index in [4.69, 9.17) is 0 Å². The number of nitrogens with zero attached hydrogens (tertiary/aromatic N) is 2. The molecule has 2 fully saturated rings. The summed E-state index contributed by atoms with van der Waals surface area (Å²) in [6.45, 7) is 15.4. The molecule has 0 amide bonds. The Morgan fingerprint density at radius 2 is 1.04 bits per heavy atom. The smallest absolute Gasteiger partial charge is 0.00189 e. The number of hydrogen-bond donors (Lipinski definition) is 0. The second-order valence-electron chi connectivity index (χ2n) is 10.0. The summed E-state index contributed by atoms with van der Waals surface area (Å²) >= 11 is 0. The zero-order valence-corrected chi connectivity index (χ0v) is 16.8. The zero-order chi connectivity index (χ0) is 17.1. The summed E-state index contributed by atoms with van der Waals surface area (Å²) in [5, 5.41) is 0. The lowest BCUT2D eigenvalue weighted by molar-refractivity contribution is 0.0628. The van der Waals surface area contributed by atoms with Crippen molar-refractivity contribution in [2.24, 2.45) is 22.7 Å². The third-order valence-corrected chi connectivity index (χ3v) is 7.02. The van der Waals surface area contributed by atoms with Crippen molar-refractivity contribution >= 4 is 0 Å². The lowest BCUT2D eigenvalue weighted by Gasteiger charge is -2.44. The van der Waals surface area contributed by atoms with Gasteiger partial charge >= 0.3 is 0 Å². The quantitative estimate of drug-likeness (QED) is 0.727. The van der Waals surface area contributed by atoms with Crippen molar-refractivity contribution in [2.45, 2.75) is 72.6 Å². The van der Waals surface area contributed by atoms with Crippen LogP contribution in [0.25, 0.3) is 0 Å². The SMILES string of the molecule is CN1CCCC(C(C)(C)CC(C)(C)C2CCCN(C)CC2)CC1. The molecule has 0 spiro atoms. The number of likely N-dealkylation sites (tertiary alicyclic amines) is 2. The minimum Gasteiger partial charge on any atom is -0.306 e. The van der Waals surface area contributed by atoms with Crippen LogP contribution in [0.5, 0.6) is 0 Å². The Morgan fingerprint density at radius 1 is 0.652 bits per heavy atom. The molecule has 0 bridgehead atoms. The van der Waals surface area contributed by atoms with Crippen molar-refractivity contribution in [1.82, 2.24) is 9.80 Å². The molecule has 0 saturated carbocycles. The molecule has 2 atom stereocenters. The van der Waals surface area contributed by atoms with Crippen molar-refractivity contribution in [1.29, 1.82) is 0 Å². The average molecular weight is 323 g/mol. The topological polar surface area (TPSA) is 6.48 Å². The zero-order valence-electron chi connectivity index (χ0n) is 16.8. The van der Waals surface area contributed by atoms with E-state index < -0.39 is 0 Å². The van der Waals surface area contributed by atoms with E-state index in [9.17, 15) is 0 Å². The molecule has 0 aliphatic carbocycles. The average Bonchev–Trinajstić information content (AvgIpc) is 2.78. The van der Waals surface area contributed by atoms with Gasteiger partial charge in [0, 0.05) is 0 Å². The lowest BCUT2D eigenvalue weighted by atomic mass is 9.61. The summed E-state index contributed by atoms with van der Waals surface area (Å²) in [5.74, 6) is 1.81. The molecule has 2 heterocycles. The van der Waals surface area contributed by atoms with E-state index in [1.54, 1.807) is 0 Å². The van der Waals surface area contributed by atoms with Crippen molar-refractivity contribution in [3.63, 3.8) is 0 Å². The Labute approximate surface area is 146 Å². The Kier molecular flexibility index (Phi) is 6.58. The molecular weight excluding hydrogens is 280 g/mol. The van der Waals surface area contributed by atoms with Gasteiger partial charge in [-0.2, -0.15) is 0 Å². The van der Waals surface area contributed by atoms with E-state index in [-0.39, 0.29) is 0 Å². The summed E-state index contributed by atoms with van der Waals surface area (Å²) in [6.07, 6.45) is 9.82. The second-order valence-corrected chi connectivity index (χ2v) is 10.0. The molecule has 2 aliphatic rings. The van der Waals surface area contributed by atoms with Gasteiger partial charge in [-0.3, -0.25) is 0 Å². The summed E-state index contributed by atoms with van der Waals surface area (Å²) in [7, 11) is 4.59. The largest absolute Gasteiger partial charge is 0.306 e. The summed E-state index contributed by atoms with van der Waals surface area (Å²) in [4.78, 5) is 5.06. The van der Waals surface area contributed by atoms with Crippen molar-refractivity contribution in [2.75, 3.05) is 40.3 Å². The third kappa shape index (κ3) is 5.46. The van der Waals surface area contributed by atoms with Gasteiger partial charge in [-0.25, -0.2) is 0 Å². The van der Waals surface area contributed by atoms with Gasteiger partial charge in [0.2, 0.25) is 0 Å². The molecule has 0 aromatic carbocycles. The summed E-state index contributed by atoms with van der Waals surface area (Å²) in [5.41, 5.74) is 0.958. The molecule has 0 radical (unpaired) electrons. The molecule has 2 nitrogen and oxygen atoms in total. The van der Waals surface area contributed by atoms with Gasteiger partial charge in [0.25, 0.3) is 0 Å². The van der Waals surface area contributed by atoms with Crippen LogP contribution in [0.1, 0.15) is 72.6 Å². The normalized spacial score (nSPS) is 30.0. The van der Waals surface area contributed by atoms with Crippen LogP contribution in [0.4, 0.5) is 0 Å². The molecule has 2 saturated heterocycles. The second kappa shape index (κ2) is 7.87. The first-order chi connectivity index (χ1) is 10.7. The maximum atomic E-state index is 2.56. The third-order valence-electron chi connectivity index (χ3n) is 7.02. The predicted molar refractivity (Wildman–Crippen MR) is 102 cm³/mol. The first-order valence-electron chi connectivity index (χ1n) is 10.1. The van der Waals surface area contributed by atoms with E-state index in [1.165, 1.54) is 71.1 Å². The van der Waals surface area contributed by atoms with Crippen LogP contribution in [-0.2, 0) is 0 Å². The molecule has 2 unspecified atom stereocenters. The van der Waals surface area contributed by atoms with Crippen LogP contribution in [0.15, 0.2) is 0 Å². The van der Waals surface area contributed by atoms with Crippen LogP contribution in [-0.4, -0.2) is 50.1 Å². The van der Waals surface area contributed by atoms with Crippen LogP contribution in [0.3, 0.4) is 0 Å². The summed E-state index contributed by atoms with van der Waals surface area (Å²) < 4.78 is 0. The van der Waals surface area contributed by atoms with Crippen molar-refractivity contribution < 1.29 is 0 Å². The molecular formula is C21H42N2. The van der Waals surface area contributed by atoms with Crippen LogP contribution in [0.2, 0.25) is 0 Å². The molecule has 2 heteroatoms. The first kappa shape index (κ1) is 19.2. The fourth-order valence-corrected chi connectivity index (χ4v) is 5.51. The monoisotopic (exact) mass is 322 g/mol. The maximum Gasteiger partial charge on any atom is -0.00189 e. The molecule has 0 aromatic rings. The van der Waals surface area contributed by atoms with Gasteiger partial charge < -0.3 is 9.80 Å². The Bertz CT molecular complexity index is 327. The van der Waals surface area contributed by atoms with Gasteiger partial charge in [0.15, 0.2) is 0 Å². The Hall–Kier alpha value is -0.0800. The fourth-order valence-electron chi connectivity index (χ4n) is 5.51. The Morgan fingerprint density at radius 3 is 1.43 bits per heavy atom. The van der Waals surface area contributed by atoms with Crippen LogP contribution in [0, 0.1) is 22.7 Å². The minimum absolute atomic E-state index is 0.479. The highest BCUT2D eigenvalue weighted by Crippen LogP contribution is 2.48. The maximum absolute atomic E-state index is 2.56. The van der Waals surface area contributed by atoms with E-state index >= 15 is 0 Å². The first-order valence-corrected chi connectivity index (χ1v) is 10.1. The molecule has 2 rings (SSSR count). The summed E-state index contributed by atoms with van der Waals surface area (Å²) in [6, 6.07) is 0. The van der Waals surface area contributed by atoms with Crippen molar-refractivity contribution in [3.05, 3.63) is 0 Å². The van der Waals surface area contributed by atoms with E-state index in [0.717, 1.165) is 11.8 Å². The Balaban J connectivity index is 1.99. The van der Waals surface area contributed by atoms with Gasteiger partial charge in [-0.05, 0) is 108 Å². The molecule has 0 aromatic heterocycles. The van der Waals surface area contributed by atoms with E-state index in [1.807, 2.05) is 0 Å². The van der Waals surface area contributed by atoms with Gasteiger partial charge in [0.05, 0.1) is 0 Å². The standard InChI is InChI=1S/C21H42N2/c1-20(2,18-9-7-13-22(5)15-11-18)17-21(3,4)19-10-8-14-23(6)16-12-19/h18-19H,7-17H2,1-6H3. The van der Waals surface area contributed by atoms with Gasteiger partial charge in [-0.1, -0.05) is 27.7 Å². The van der Waals surface area contributed by atoms with Crippen LogP contribution >= 0.6 is 0 Å². The molecule has 136 valence electrons. The highest BCUT2D eigenvalue weighted by Gasteiger charge is 2.39. The molecule has 2 aliphatic heterocycles.